The lowest BCUT2D eigenvalue weighted by molar-refractivity contribution is -0.174. The van der Waals surface area contributed by atoms with Crippen LogP contribution in [0.15, 0.2) is 23.8 Å². The predicted molar refractivity (Wildman–Crippen MR) is 101 cm³/mol. The molecule has 0 aromatic heterocycles. The largest absolute Gasteiger partial charge is 0.504 e. The first-order valence-corrected chi connectivity index (χ1v) is 10.4. The van der Waals surface area contributed by atoms with Crippen molar-refractivity contribution >= 4 is 5.97 Å². The van der Waals surface area contributed by atoms with Gasteiger partial charge in [0.1, 0.15) is 6.10 Å². The summed E-state index contributed by atoms with van der Waals surface area (Å²) in [7, 11) is 0. The number of ether oxygens (including phenoxy) is 1. The van der Waals surface area contributed by atoms with Crippen LogP contribution in [0.3, 0.4) is 0 Å². The third-order valence-electron chi connectivity index (χ3n) is 7.95. The molecule has 5 aliphatic rings. The van der Waals surface area contributed by atoms with Crippen LogP contribution < -0.4 is 4.74 Å². The molecule has 6 rings (SSSR count). The summed E-state index contributed by atoms with van der Waals surface area (Å²) in [5.74, 6) is 0.294. The van der Waals surface area contributed by atoms with Crippen molar-refractivity contribution in [2.24, 2.45) is 5.92 Å². The first kappa shape index (κ1) is 16.9. The van der Waals surface area contributed by atoms with Gasteiger partial charge in [-0.15, -0.1) is 0 Å². The van der Waals surface area contributed by atoms with Crippen molar-refractivity contribution in [2.75, 3.05) is 13.1 Å². The maximum atomic E-state index is 12.2. The Kier molecular flexibility index (Phi) is 3.19. The highest BCUT2D eigenvalue weighted by Gasteiger charge is 2.72. The van der Waals surface area contributed by atoms with Gasteiger partial charge in [-0.05, 0) is 68.2 Å². The molecule has 3 N–H and O–H groups in total. The number of nitrogens with zero attached hydrogens (tertiary/aromatic N) is 1. The van der Waals surface area contributed by atoms with Crippen molar-refractivity contribution in [1.82, 2.24) is 4.90 Å². The third-order valence-corrected chi connectivity index (χ3v) is 7.95. The number of hydrogen-bond acceptors (Lipinski definition) is 5. The van der Waals surface area contributed by atoms with Gasteiger partial charge in [-0.3, -0.25) is 4.90 Å². The number of piperidine rings is 1. The Hall–Kier alpha value is -2.05. The van der Waals surface area contributed by atoms with E-state index < -0.39 is 23.1 Å². The van der Waals surface area contributed by atoms with E-state index in [0.717, 1.165) is 48.5 Å². The normalized spacial score (nSPS) is 39.5. The van der Waals surface area contributed by atoms with Crippen molar-refractivity contribution in [3.63, 3.8) is 0 Å². The van der Waals surface area contributed by atoms with Crippen LogP contribution in [-0.4, -0.2) is 57.0 Å². The minimum Gasteiger partial charge on any atom is -0.504 e. The lowest BCUT2D eigenvalue weighted by Gasteiger charge is -2.63. The zero-order valence-corrected chi connectivity index (χ0v) is 15.7. The molecular formula is C22H25NO5. The third kappa shape index (κ3) is 1.93. The minimum absolute atomic E-state index is 0.0160. The summed E-state index contributed by atoms with van der Waals surface area (Å²) in [5.41, 5.74) is 1.14. The summed E-state index contributed by atoms with van der Waals surface area (Å²) in [6.07, 6.45) is 5.80. The van der Waals surface area contributed by atoms with Gasteiger partial charge in [0.25, 0.3) is 0 Å². The zero-order chi connectivity index (χ0) is 19.3. The van der Waals surface area contributed by atoms with Crippen LogP contribution in [-0.2, 0) is 16.6 Å². The quantitative estimate of drug-likeness (QED) is 0.692. The van der Waals surface area contributed by atoms with Crippen LogP contribution >= 0.6 is 0 Å². The number of likely N-dealkylation sites (tertiary alicyclic amines) is 1. The second kappa shape index (κ2) is 5.30. The molecular weight excluding hydrogens is 358 g/mol. The Morgan fingerprint density at radius 1 is 1.32 bits per heavy atom. The summed E-state index contributed by atoms with van der Waals surface area (Å²) in [5, 5.41) is 32.0. The number of phenolic OH excluding ortho intramolecular Hbond substituents is 1. The van der Waals surface area contributed by atoms with Crippen molar-refractivity contribution in [3.05, 3.63) is 34.9 Å². The van der Waals surface area contributed by atoms with Gasteiger partial charge in [0, 0.05) is 24.2 Å². The van der Waals surface area contributed by atoms with E-state index in [2.05, 4.69) is 4.90 Å². The number of aliphatic carboxylic acids is 1. The topological polar surface area (TPSA) is 90.2 Å². The molecule has 1 saturated heterocycles. The Bertz CT molecular complexity index is 922. The Balaban J connectivity index is 1.56. The number of aliphatic hydroxyl groups is 1. The molecule has 1 unspecified atom stereocenters. The van der Waals surface area contributed by atoms with Crippen molar-refractivity contribution in [3.8, 4) is 11.5 Å². The second-order valence-corrected chi connectivity index (χ2v) is 9.31. The highest BCUT2D eigenvalue weighted by molar-refractivity contribution is 5.81. The van der Waals surface area contributed by atoms with Gasteiger partial charge in [-0.25, -0.2) is 4.79 Å². The molecule has 3 fully saturated rings. The first-order chi connectivity index (χ1) is 13.4. The van der Waals surface area contributed by atoms with Gasteiger partial charge in [-0.2, -0.15) is 0 Å². The van der Waals surface area contributed by atoms with Crippen molar-refractivity contribution in [2.45, 2.75) is 61.7 Å². The van der Waals surface area contributed by atoms with E-state index in [1.54, 1.807) is 6.07 Å². The summed E-state index contributed by atoms with van der Waals surface area (Å²) < 4.78 is 6.26. The van der Waals surface area contributed by atoms with Crippen LogP contribution in [0.5, 0.6) is 11.5 Å². The lowest BCUT2D eigenvalue weighted by atomic mass is 9.48. The van der Waals surface area contributed by atoms with Gasteiger partial charge in [0.15, 0.2) is 11.5 Å². The molecule has 2 heterocycles. The molecule has 1 aromatic rings. The van der Waals surface area contributed by atoms with E-state index >= 15 is 0 Å². The lowest BCUT2D eigenvalue weighted by Crippen LogP contribution is -2.75. The molecule has 3 aliphatic carbocycles. The molecule has 6 heteroatoms. The number of carboxylic acid groups (broad SMARTS) is 1. The van der Waals surface area contributed by atoms with E-state index in [1.165, 1.54) is 18.9 Å². The molecule has 1 spiro atoms. The van der Waals surface area contributed by atoms with E-state index in [0.29, 0.717) is 18.6 Å². The number of hydrogen-bond donors (Lipinski definition) is 3. The number of rotatable bonds is 3. The first-order valence-electron chi connectivity index (χ1n) is 10.4. The maximum absolute atomic E-state index is 12.2. The van der Waals surface area contributed by atoms with Crippen molar-refractivity contribution < 1.29 is 24.9 Å². The highest BCUT2D eigenvalue weighted by atomic mass is 16.5. The second-order valence-electron chi connectivity index (χ2n) is 9.31. The molecule has 0 radical (unpaired) electrons. The summed E-state index contributed by atoms with van der Waals surface area (Å²) >= 11 is 0. The Morgan fingerprint density at radius 2 is 2.14 bits per heavy atom. The van der Waals surface area contributed by atoms with Gasteiger partial charge in [0.2, 0.25) is 0 Å². The average molecular weight is 383 g/mol. The maximum Gasteiger partial charge on any atom is 0.328 e. The van der Waals surface area contributed by atoms with E-state index in [-0.39, 0.29) is 11.8 Å². The number of phenols is 1. The molecule has 2 bridgehead atoms. The molecule has 4 atom stereocenters. The van der Waals surface area contributed by atoms with Gasteiger partial charge in [0.05, 0.1) is 11.0 Å². The van der Waals surface area contributed by atoms with E-state index in [4.69, 9.17) is 4.74 Å². The van der Waals surface area contributed by atoms with Crippen LogP contribution in [0, 0.1) is 5.92 Å². The van der Waals surface area contributed by atoms with Gasteiger partial charge >= 0.3 is 5.97 Å². The predicted octanol–water partition coefficient (Wildman–Crippen LogP) is 1.97. The number of benzene rings is 1. The minimum atomic E-state index is -0.987. The smallest absolute Gasteiger partial charge is 0.328 e. The molecule has 1 aromatic carbocycles. The fourth-order valence-electron chi connectivity index (χ4n) is 6.64. The molecule has 2 saturated carbocycles. The SMILES string of the molecule is O=C(O)C=C1CC[C@@]2(O)[C@H]3Cc4ccc(O)c5c4[C@@]2(CCN3CC2CC2)C1O5. The van der Waals surface area contributed by atoms with Crippen LogP contribution in [0.1, 0.15) is 43.2 Å². The van der Waals surface area contributed by atoms with E-state index in [9.17, 15) is 20.1 Å². The fourth-order valence-corrected chi connectivity index (χ4v) is 6.64. The number of carboxylic acids is 1. The summed E-state index contributed by atoms with van der Waals surface area (Å²) in [4.78, 5) is 13.9. The Labute approximate surface area is 163 Å². The van der Waals surface area contributed by atoms with E-state index in [1.807, 2.05) is 6.07 Å². The van der Waals surface area contributed by atoms with Crippen LogP contribution in [0.4, 0.5) is 0 Å². The molecule has 28 heavy (non-hydrogen) atoms. The monoisotopic (exact) mass is 383 g/mol. The molecule has 0 amide bonds. The van der Waals surface area contributed by atoms with Crippen molar-refractivity contribution in [1.29, 1.82) is 0 Å². The number of carbonyl (C=O) groups is 1. The van der Waals surface area contributed by atoms with Gasteiger partial charge in [-0.1, -0.05) is 6.07 Å². The standard InChI is InChI=1S/C22H25NO5/c24-15-4-3-13-9-16-22(27)6-5-14(10-17(25)26)20-21(22,18(13)19(15)28-20)7-8-23(16)11-12-1-2-12/h3-4,10,12,16,20,24,27H,1-2,5-9,11H2,(H,25,26)/t16-,20?,21+,22-/m1/s1. The number of aromatic hydroxyl groups is 1. The van der Waals surface area contributed by atoms with Crippen LogP contribution in [0.2, 0.25) is 0 Å². The fraction of sp³-hybridized carbons (Fsp3) is 0.591. The molecule has 2 aliphatic heterocycles. The highest BCUT2D eigenvalue weighted by Crippen LogP contribution is 2.66. The zero-order valence-electron chi connectivity index (χ0n) is 15.7. The van der Waals surface area contributed by atoms with Gasteiger partial charge < -0.3 is 20.1 Å². The Morgan fingerprint density at radius 3 is 2.89 bits per heavy atom. The molecule has 6 nitrogen and oxygen atoms in total. The summed E-state index contributed by atoms with van der Waals surface area (Å²) in [6.45, 7) is 1.91. The average Bonchev–Trinajstić information content (AvgIpc) is 3.38. The summed E-state index contributed by atoms with van der Waals surface area (Å²) in [6, 6.07) is 3.65. The molecule has 148 valence electrons. The van der Waals surface area contributed by atoms with Crippen LogP contribution in [0.25, 0.3) is 0 Å².